The first-order valence-electron chi connectivity index (χ1n) is 9.74. The Bertz CT molecular complexity index is 1320. The van der Waals surface area contributed by atoms with Crippen molar-refractivity contribution in [3.8, 4) is 0 Å². The van der Waals surface area contributed by atoms with Crippen molar-refractivity contribution in [2.75, 3.05) is 11.9 Å². The number of thioether (sulfide) groups is 1. The van der Waals surface area contributed by atoms with Gasteiger partial charge in [-0.25, -0.2) is 9.18 Å². The van der Waals surface area contributed by atoms with Gasteiger partial charge < -0.3 is 9.73 Å². The lowest BCUT2D eigenvalue weighted by molar-refractivity contribution is -0.122. The van der Waals surface area contributed by atoms with Gasteiger partial charge in [0.1, 0.15) is 15.7 Å². The summed E-state index contributed by atoms with van der Waals surface area (Å²) < 4.78 is 19.3. The molecule has 0 atom stereocenters. The van der Waals surface area contributed by atoms with Crippen molar-refractivity contribution in [2.24, 2.45) is 0 Å². The second-order valence-electron chi connectivity index (χ2n) is 7.01. The third-order valence-electron chi connectivity index (χ3n) is 4.75. The fraction of sp³-hybridized carbons (Fsp3) is 0.130. The number of rotatable bonds is 6. The zero-order valence-electron chi connectivity index (χ0n) is 16.7. The SMILES string of the molecule is O=C(CCCN1C(=O)C(=Cc2ccccc2F)SC1=S)Nc1ccc2oc(=O)ccc2c1. The van der Waals surface area contributed by atoms with Gasteiger partial charge in [-0.15, -0.1) is 0 Å². The number of thiocarbonyl (C=S) groups is 1. The van der Waals surface area contributed by atoms with Crippen molar-refractivity contribution in [1.29, 1.82) is 0 Å². The highest BCUT2D eigenvalue weighted by molar-refractivity contribution is 8.26. The van der Waals surface area contributed by atoms with Gasteiger partial charge in [-0.2, -0.15) is 0 Å². The fourth-order valence-corrected chi connectivity index (χ4v) is 4.50. The van der Waals surface area contributed by atoms with E-state index in [0.29, 0.717) is 37.9 Å². The van der Waals surface area contributed by atoms with Gasteiger partial charge in [0.15, 0.2) is 0 Å². The van der Waals surface area contributed by atoms with Gasteiger partial charge in [-0.3, -0.25) is 14.5 Å². The Morgan fingerprint density at radius 3 is 2.78 bits per heavy atom. The zero-order valence-corrected chi connectivity index (χ0v) is 18.3. The van der Waals surface area contributed by atoms with E-state index in [4.69, 9.17) is 16.6 Å². The number of nitrogens with zero attached hydrogens (tertiary/aromatic N) is 1. The average molecular weight is 469 g/mol. The number of hydrogen-bond donors (Lipinski definition) is 1. The minimum absolute atomic E-state index is 0.186. The van der Waals surface area contributed by atoms with Crippen molar-refractivity contribution >= 4 is 62.8 Å². The number of carbonyl (C=O) groups excluding carboxylic acids is 2. The highest BCUT2D eigenvalue weighted by Gasteiger charge is 2.31. The van der Waals surface area contributed by atoms with Gasteiger partial charge in [0.2, 0.25) is 5.91 Å². The fourth-order valence-electron chi connectivity index (χ4n) is 3.20. The Morgan fingerprint density at radius 1 is 1.16 bits per heavy atom. The van der Waals surface area contributed by atoms with Gasteiger partial charge in [-0.1, -0.05) is 42.2 Å². The molecule has 6 nitrogen and oxygen atoms in total. The van der Waals surface area contributed by atoms with E-state index in [9.17, 15) is 18.8 Å². The maximum atomic E-state index is 13.9. The molecule has 0 radical (unpaired) electrons. The lowest BCUT2D eigenvalue weighted by atomic mass is 10.2. The molecule has 2 heterocycles. The van der Waals surface area contributed by atoms with Gasteiger partial charge in [0.25, 0.3) is 5.91 Å². The molecule has 3 aromatic rings. The summed E-state index contributed by atoms with van der Waals surface area (Å²) in [4.78, 5) is 38.0. The van der Waals surface area contributed by atoms with E-state index in [1.807, 2.05) is 0 Å². The average Bonchev–Trinajstić information content (AvgIpc) is 3.03. The minimum atomic E-state index is -0.436. The molecule has 4 rings (SSSR count). The third-order valence-corrected chi connectivity index (χ3v) is 6.13. The van der Waals surface area contributed by atoms with Crippen molar-refractivity contribution in [2.45, 2.75) is 12.8 Å². The number of carbonyl (C=O) groups is 2. The second kappa shape index (κ2) is 9.46. The molecule has 0 unspecified atom stereocenters. The lowest BCUT2D eigenvalue weighted by Crippen LogP contribution is -2.29. The summed E-state index contributed by atoms with van der Waals surface area (Å²) in [6.07, 6.45) is 2.09. The van der Waals surface area contributed by atoms with Crippen LogP contribution in [0.2, 0.25) is 0 Å². The molecule has 9 heteroatoms. The molecule has 2 aromatic carbocycles. The molecular formula is C23H17FN2O4S2. The van der Waals surface area contributed by atoms with Crippen LogP contribution in [0.1, 0.15) is 18.4 Å². The zero-order chi connectivity index (χ0) is 22.7. The molecule has 1 aromatic heterocycles. The first-order chi connectivity index (χ1) is 15.4. The molecule has 1 fully saturated rings. The van der Waals surface area contributed by atoms with E-state index in [1.165, 1.54) is 23.1 Å². The van der Waals surface area contributed by atoms with E-state index in [2.05, 4.69) is 5.32 Å². The van der Waals surface area contributed by atoms with E-state index in [-0.39, 0.29) is 24.8 Å². The van der Waals surface area contributed by atoms with Gasteiger partial charge in [0, 0.05) is 35.7 Å². The maximum Gasteiger partial charge on any atom is 0.336 e. The summed E-state index contributed by atoms with van der Waals surface area (Å²) in [5.74, 6) is -0.918. The van der Waals surface area contributed by atoms with Crippen molar-refractivity contribution in [1.82, 2.24) is 4.90 Å². The maximum absolute atomic E-state index is 13.9. The first kappa shape index (κ1) is 21.9. The van der Waals surface area contributed by atoms with Crippen LogP contribution < -0.4 is 10.9 Å². The van der Waals surface area contributed by atoms with Crippen molar-refractivity contribution in [3.05, 3.63) is 81.3 Å². The van der Waals surface area contributed by atoms with E-state index >= 15 is 0 Å². The van der Waals surface area contributed by atoms with Crippen LogP contribution in [0.3, 0.4) is 0 Å². The Morgan fingerprint density at radius 2 is 1.97 bits per heavy atom. The third kappa shape index (κ3) is 4.95. The summed E-state index contributed by atoms with van der Waals surface area (Å²) in [6, 6.07) is 14.1. The predicted molar refractivity (Wildman–Crippen MR) is 127 cm³/mol. The van der Waals surface area contributed by atoms with Crippen LogP contribution in [0.5, 0.6) is 0 Å². The van der Waals surface area contributed by atoms with Crippen LogP contribution in [-0.2, 0) is 9.59 Å². The van der Waals surface area contributed by atoms with Gasteiger partial charge in [0.05, 0.1) is 4.91 Å². The predicted octanol–water partition coefficient (Wildman–Crippen LogP) is 4.55. The number of fused-ring (bicyclic) bond motifs is 1. The van der Waals surface area contributed by atoms with Crippen molar-refractivity contribution in [3.63, 3.8) is 0 Å². The topological polar surface area (TPSA) is 79.6 Å². The number of anilines is 1. The summed E-state index contributed by atoms with van der Waals surface area (Å²) in [5.41, 5.74) is 0.902. The molecule has 0 spiro atoms. The van der Waals surface area contributed by atoms with Crippen molar-refractivity contribution < 1.29 is 18.4 Å². The molecule has 2 amide bonds. The number of halogens is 1. The Balaban J connectivity index is 1.33. The number of hydrogen-bond acceptors (Lipinski definition) is 6. The molecule has 1 saturated heterocycles. The van der Waals surface area contributed by atoms with Crippen LogP contribution in [0.15, 0.2) is 68.7 Å². The van der Waals surface area contributed by atoms with Gasteiger partial charge >= 0.3 is 5.63 Å². The van der Waals surface area contributed by atoms with E-state index < -0.39 is 11.4 Å². The quantitative estimate of drug-likeness (QED) is 0.325. The summed E-state index contributed by atoms with van der Waals surface area (Å²) in [6.45, 7) is 0.287. The molecular weight excluding hydrogens is 451 g/mol. The Hall–Kier alpha value is -3.30. The van der Waals surface area contributed by atoms with Crippen LogP contribution in [0.25, 0.3) is 17.0 Å². The normalized spacial score (nSPS) is 15.0. The molecule has 162 valence electrons. The molecule has 0 aliphatic carbocycles. The summed E-state index contributed by atoms with van der Waals surface area (Å²) in [7, 11) is 0. The molecule has 1 aliphatic heterocycles. The highest BCUT2D eigenvalue weighted by atomic mass is 32.2. The van der Waals surface area contributed by atoms with E-state index in [0.717, 1.165) is 11.8 Å². The van der Waals surface area contributed by atoms with Crippen LogP contribution >= 0.6 is 24.0 Å². The number of amides is 2. The largest absolute Gasteiger partial charge is 0.423 e. The van der Waals surface area contributed by atoms with Crippen LogP contribution in [-0.4, -0.2) is 27.6 Å². The standard InChI is InChI=1S/C23H17FN2O4S2/c24-17-5-2-1-4-14(17)13-19-22(29)26(23(31)32-19)11-3-6-20(27)25-16-8-9-18-15(12-16)7-10-21(28)30-18/h1-2,4-5,7-10,12-13H,3,6,11H2,(H,25,27). The monoisotopic (exact) mass is 468 g/mol. The number of benzene rings is 2. The van der Waals surface area contributed by atoms with E-state index in [1.54, 1.807) is 42.5 Å². The molecule has 0 bridgehead atoms. The summed E-state index contributed by atoms with van der Waals surface area (Å²) >= 11 is 6.40. The summed E-state index contributed by atoms with van der Waals surface area (Å²) in [5, 5.41) is 3.49. The lowest BCUT2D eigenvalue weighted by Gasteiger charge is -2.14. The molecule has 32 heavy (non-hydrogen) atoms. The highest BCUT2D eigenvalue weighted by Crippen LogP contribution is 2.33. The van der Waals surface area contributed by atoms with Gasteiger partial charge in [-0.05, 0) is 42.8 Å². The minimum Gasteiger partial charge on any atom is -0.423 e. The van der Waals surface area contributed by atoms with Crippen LogP contribution in [0, 0.1) is 5.82 Å². The Kier molecular flexibility index (Phi) is 6.48. The first-order valence-corrected chi connectivity index (χ1v) is 11.0. The molecule has 0 saturated carbocycles. The smallest absolute Gasteiger partial charge is 0.336 e. The molecule has 1 aliphatic rings. The second-order valence-corrected chi connectivity index (χ2v) is 8.69. The Labute approximate surface area is 192 Å². The number of nitrogens with one attached hydrogen (secondary N) is 1. The molecule has 1 N–H and O–H groups in total. The van der Waals surface area contributed by atoms with Crippen LogP contribution in [0.4, 0.5) is 10.1 Å².